The van der Waals surface area contributed by atoms with E-state index < -0.39 is 0 Å². The summed E-state index contributed by atoms with van der Waals surface area (Å²) < 4.78 is 13.0. The largest absolute Gasteiger partial charge is 0.317 e. The maximum atomic E-state index is 13.0. The maximum Gasteiger partial charge on any atom is 0.123 e. The molecule has 1 atom stereocenters. The van der Waals surface area contributed by atoms with Gasteiger partial charge in [0, 0.05) is 0 Å². The second kappa shape index (κ2) is 6.57. The number of halogens is 1. The van der Waals surface area contributed by atoms with E-state index in [9.17, 15) is 4.39 Å². The number of nitrogens with one attached hydrogen (secondary N) is 1. The van der Waals surface area contributed by atoms with Gasteiger partial charge in [-0.05, 0) is 43.1 Å². The summed E-state index contributed by atoms with van der Waals surface area (Å²) >= 11 is 0. The summed E-state index contributed by atoms with van der Waals surface area (Å²) in [6.07, 6.45) is 2.09. The van der Waals surface area contributed by atoms with Gasteiger partial charge in [-0.25, -0.2) is 4.39 Å². The Morgan fingerprint density at radius 2 is 2.13 bits per heavy atom. The minimum atomic E-state index is -0.134. The molecule has 84 valence electrons. The maximum absolute atomic E-state index is 13.0. The molecule has 0 bridgehead atoms. The van der Waals surface area contributed by atoms with Gasteiger partial charge in [0.05, 0.1) is 0 Å². The number of hydrogen-bond acceptors (Lipinski definition) is 1. The van der Waals surface area contributed by atoms with Crippen molar-refractivity contribution < 1.29 is 4.39 Å². The van der Waals surface area contributed by atoms with Gasteiger partial charge in [-0.1, -0.05) is 32.4 Å². The lowest BCUT2D eigenvalue weighted by molar-refractivity contribution is 0.466. The summed E-state index contributed by atoms with van der Waals surface area (Å²) in [5.41, 5.74) is 1.10. The van der Waals surface area contributed by atoms with Crippen LogP contribution in [0.2, 0.25) is 0 Å². The van der Waals surface area contributed by atoms with Crippen molar-refractivity contribution >= 4 is 0 Å². The zero-order valence-electron chi connectivity index (χ0n) is 9.59. The number of rotatable bonds is 6. The normalized spacial score (nSPS) is 12.7. The first-order valence-electron chi connectivity index (χ1n) is 5.71. The Bertz CT molecular complexity index is 286. The van der Waals surface area contributed by atoms with E-state index in [1.54, 1.807) is 12.1 Å². The Morgan fingerprint density at radius 3 is 2.73 bits per heavy atom. The van der Waals surface area contributed by atoms with Gasteiger partial charge < -0.3 is 5.32 Å². The van der Waals surface area contributed by atoms with Crippen molar-refractivity contribution in [3.8, 4) is 0 Å². The second-order valence-corrected chi connectivity index (χ2v) is 3.92. The highest BCUT2D eigenvalue weighted by Gasteiger charge is 2.07. The van der Waals surface area contributed by atoms with E-state index in [0.29, 0.717) is 5.92 Å². The molecule has 1 unspecified atom stereocenters. The van der Waals surface area contributed by atoms with E-state index in [1.807, 2.05) is 6.07 Å². The quantitative estimate of drug-likeness (QED) is 0.759. The van der Waals surface area contributed by atoms with Gasteiger partial charge in [-0.2, -0.15) is 0 Å². The van der Waals surface area contributed by atoms with Crippen LogP contribution in [0.1, 0.15) is 25.8 Å². The van der Waals surface area contributed by atoms with Crippen LogP contribution in [0.3, 0.4) is 0 Å². The van der Waals surface area contributed by atoms with Gasteiger partial charge in [-0.3, -0.25) is 0 Å². The molecule has 1 N–H and O–H groups in total. The van der Waals surface area contributed by atoms with Crippen molar-refractivity contribution in [2.24, 2.45) is 5.92 Å². The third-order valence-corrected chi connectivity index (χ3v) is 2.67. The zero-order valence-corrected chi connectivity index (χ0v) is 9.59. The highest BCUT2D eigenvalue weighted by atomic mass is 19.1. The molecule has 0 aromatic heterocycles. The SMILES string of the molecule is CCNCC(CC)Cc1cccc(F)c1. The molecular formula is C13H20FN. The molecule has 0 fully saturated rings. The Balaban J connectivity index is 2.50. The minimum absolute atomic E-state index is 0.134. The molecule has 0 saturated heterocycles. The summed E-state index contributed by atoms with van der Waals surface area (Å²) in [6, 6.07) is 6.91. The first-order valence-corrected chi connectivity index (χ1v) is 5.71. The first-order chi connectivity index (χ1) is 7.26. The van der Waals surface area contributed by atoms with Gasteiger partial charge in [0.15, 0.2) is 0 Å². The molecule has 0 aliphatic rings. The first kappa shape index (κ1) is 12.2. The standard InChI is InChI=1S/C13H20FN/c1-3-11(10-15-4-2)8-12-6-5-7-13(14)9-12/h5-7,9,11,15H,3-4,8,10H2,1-2H3. The van der Waals surface area contributed by atoms with Crippen LogP contribution in [0.15, 0.2) is 24.3 Å². The van der Waals surface area contributed by atoms with E-state index in [-0.39, 0.29) is 5.82 Å². The Kier molecular flexibility index (Phi) is 5.33. The molecule has 0 amide bonds. The second-order valence-electron chi connectivity index (χ2n) is 3.92. The van der Waals surface area contributed by atoms with Crippen LogP contribution in [0, 0.1) is 11.7 Å². The molecule has 0 aliphatic carbocycles. The molecule has 1 rings (SSSR count). The fraction of sp³-hybridized carbons (Fsp3) is 0.538. The summed E-state index contributed by atoms with van der Waals surface area (Å²) in [5, 5.41) is 3.34. The average molecular weight is 209 g/mol. The van der Waals surface area contributed by atoms with Gasteiger partial charge in [0.25, 0.3) is 0 Å². The smallest absolute Gasteiger partial charge is 0.123 e. The summed E-state index contributed by atoms with van der Waals surface area (Å²) in [6.45, 7) is 6.30. The molecular weight excluding hydrogens is 189 g/mol. The fourth-order valence-corrected chi connectivity index (χ4v) is 1.71. The molecule has 15 heavy (non-hydrogen) atoms. The van der Waals surface area contributed by atoms with Gasteiger partial charge in [-0.15, -0.1) is 0 Å². The predicted octanol–water partition coefficient (Wildman–Crippen LogP) is 3.00. The van der Waals surface area contributed by atoms with E-state index in [2.05, 4.69) is 19.2 Å². The van der Waals surface area contributed by atoms with Crippen LogP contribution in [0.25, 0.3) is 0 Å². The van der Waals surface area contributed by atoms with E-state index in [1.165, 1.54) is 6.07 Å². The average Bonchev–Trinajstić information content (AvgIpc) is 2.24. The summed E-state index contributed by atoms with van der Waals surface area (Å²) in [4.78, 5) is 0. The molecule has 2 heteroatoms. The lowest BCUT2D eigenvalue weighted by Crippen LogP contribution is -2.23. The predicted molar refractivity (Wildman–Crippen MR) is 62.4 cm³/mol. The highest BCUT2D eigenvalue weighted by molar-refractivity contribution is 5.16. The Hall–Kier alpha value is -0.890. The molecule has 0 aliphatic heterocycles. The zero-order chi connectivity index (χ0) is 11.1. The van der Waals surface area contributed by atoms with Gasteiger partial charge >= 0.3 is 0 Å². The highest BCUT2D eigenvalue weighted by Crippen LogP contribution is 2.12. The van der Waals surface area contributed by atoms with Crippen LogP contribution in [0.4, 0.5) is 4.39 Å². The van der Waals surface area contributed by atoms with Gasteiger partial charge in [0.2, 0.25) is 0 Å². The number of benzene rings is 1. The molecule has 1 aromatic carbocycles. The molecule has 1 aromatic rings. The third kappa shape index (κ3) is 4.43. The molecule has 0 spiro atoms. The minimum Gasteiger partial charge on any atom is -0.317 e. The van der Waals surface area contributed by atoms with Gasteiger partial charge in [0.1, 0.15) is 5.82 Å². The van der Waals surface area contributed by atoms with E-state index >= 15 is 0 Å². The Labute approximate surface area is 91.7 Å². The fourth-order valence-electron chi connectivity index (χ4n) is 1.71. The van der Waals surface area contributed by atoms with Crippen LogP contribution in [-0.2, 0) is 6.42 Å². The summed E-state index contributed by atoms with van der Waals surface area (Å²) in [7, 11) is 0. The Morgan fingerprint density at radius 1 is 1.33 bits per heavy atom. The molecule has 0 radical (unpaired) electrons. The van der Waals surface area contributed by atoms with Crippen molar-refractivity contribution in [1.82, 2.24) is 5.32 Å². The van der Waals surface area contributed by atoms with Crippen molar-refractivity contribution in [1.29, 1.82) is 0 Å². The van der Waals surface area contributed by atoms with Crippen LogP contribution in [-0.4, -0.2) is 13.1 Å². The van der Waals surface area contributed by atoms with Crippen molar-refractivity contribution in [2.45, 2.75) is 26.7 Å². The summed E-state index contributed by atoms with van der Waals surface area (Å²) in [5.74, 6) is 0.470. The van der Waals surface area contributed by atoms with Crippen LogP contribution >= 0.6 is 0 Å². The third-order valence-electron chi connectivity index (χ3n) is 2.67. The van der Waals surface area contributed by atoms with E-state index in [0.717, 1.165) is 31.5 Å². The topological polar surface area (TPSA) is 12.0 Å². The lowest BCUT2D eigenvalue weighted by Gasteiger charge is -2.15. The van der Waals surface area contributed by atoms with Crippen molar-refractivity contribution in [3.05, 3.63) is 35.6 Å². The van der Waals surface area contributed by atoms with Crippen LogP contribution < -0.4 is 5.32 Å². The lowest BCUT2D eigenvalue weighted by atomic mass is 9.97. The molecule has 0 heterocycles. The van der Waals surface area contributed by atoms with E-state index in [4.69, 9.17) is 0 Å². The van der Waals surface area contributed by atoms with Crippen LogP contribution in [0.5, 0.6) is 0 Å². The van der Waals surface area contributed by atoms with Crippen molar-refractivity contribution in [3.63, 3.8) is 0 Å². The molecule has 1 nitrogen and oxygen atoms in total. The molecule has 0 saturated carbocycles. The monoisotopic (exact) mass is 209 g/mol. The van der Waals surface area contributed by atoms with Crippen molar-refractivity contribution in [2.75, 3.05) is 13.1 Å². The number of hydrogen-bond donors (Lipinski definition) is 1.